The highest BCUT2D eigenvalue weighted by atomic mass is 16.5. The van der Waals surface area contributed by atoms with Crippen LogP contribution in [0.5, 0.6) is 0 Å². The zero-order valence-electron chi connectivity index (χ0n) is 12.0. The average molecular weight is 273 g/mol. The molecule has 0 aliphatic rings. The highest BCUT2D eigenvalue weighted by Crippen LogP contribution is 2.21. The minimum absolute atomic E-state index is 0.0112. The van der Waals surface area contributed by atoms with E-state index in [1.165, 1.54) is 0 Å². The summed E-state index contributed by atoms with van der Waals surface area (Å²) in [4.78, 5) is 11.8. The summed E-state index contributed by atoms with van der Waals surface area (Å²) in [5, 5.41) is 9.33. The van der Waals surface area contributed by atoms with Crippen molar-refractivity contribution < 1.29 is 14.6 Å². The van der Waals surface area contributed by atoms with E-state index in [-0.39, 0.29) is 12.6 Å². The van der Waals surface area contributed by atoms with Crippen LogP contribution in [-0.4, -0.2) is 22.2 Å². The average Bonchev–Trinajstić information content (AvgIpc) is 2.73. The maximum Gasteiger partial charge on any atom is 0.338 e. The van der Waals surface area contributed by atoms with Crippen LogP contribution in [0.1, 0.15) is 34.2 Å². The van der Waals surface area contributed by atoms with Crippen molar-refractivity contribution >= 4 is 5.97 Å². The molecule has 1 aromatic heterocycles. The van der Waals surface area contributed by atoms with Gasteiger partial charge >= 0.3 is 5.97 Å². The van der Waals surface area contributed by atoms with Gasteiger partial charge in [0, 0.05) is 17.1 Å². The van der Waals surface area contributed by atoms with Crippen LogP contribution in [0.25, 0.3) is 5.69 Å². The van der Waals surface area contributed by atoms with Crippen LogP contribution in [0.2, 0.25) is 0 Å². The Balaban J connectivity index is 2.46. The van der Waals surface area contributed by atoms with Gasteiger partial charge in [-0.25, -0.2) is 4.79 Å². The van der Waals surface area contributed by atoms with E-state index in [0.29, 0.717) is 12.2 Å². The molecule has 0 spiro atoms. The highest BCUT2D eigenvalue weighted by molar-refractivity contribution is 5.90. The summed E-state index contributed by atoms with van der Waals surface area (Å²) in [5.74, 6) is -0.320. The van der Waals surface area contributed by atoms with E-state index in [4.69, 9.17) is 4.74 Å². The van der Waals surface area contributed by atoms with E-state index >= 15 is 0 Å². The van der Waals surface area contributed by atoms with Crippen LogP contribution in [0.4, 0.5) is 0 Å². The Morgan fingerprint density at radius 1 is 1.30 bits per heavy atom. The van der Waals surface area contributed by atoms with Crippen molar-refractivity contribution in [3.8, 4) is 5.69 Å². The fraction of sp³-hybridized carbons (Fsp3) is 0.312. The normalized spacial score (nSPS) is 10.6. The van der Waals surface area contributed by atoms with Gasteiger partial charge in [-0.15, -0.1) is 0 Å². The van der Waals surface area contributed by atoms with Crippen molar-refractivity contribution in [1.82, 2.24) is 4.57 Å². The molecule has 4 heteroatoms. The molecule has 1 aromatic carbocycles. The van der Waals surface area contributed by atoms with Crippen molar-refractivity contribution in [1.29, 1.82) is 0 Å². The van der Waals surface area contributed by atoms with Crippen molar-refractivity contribution in [2.45, 2.75) is 27.4 Å². The molecular weight excluding hydrogens is 254 g/mol. The molecule has 0 fully saturated rings. The number of hydrogen-bond donors (Lipinski definition) is 1. The van der Waals surface area contributed by atoms with E-state index < -0.39 is 0 Å². The Bertz CT molecular complexity index is 629. The molecule has 20 heavy (non-hydrogen) atoms. The minimum Gasteiger partial charge on any atom is -0.462 e. The Labute approximate surface area is 118 Å². The first kappa shape index (κ1) is 14.3. The smallest absolute Gasteiger partial charge is 0.338 e. The van der Waals surface area contributed by atoms with Crippen LogP contribution in [0.3, 0.4) is 0 Å². The second kappa shape index (κ2) is 5.92. The fourth-order valence-electron chi connectivity index (χ4n) is 2.37. The molecule has 1 N–H and O–H groups in total. The second-order valence-electron chi connectivity index (χ2n) is 4.66. The van der Waals surface area contributed by atoms with Crippen LogP contribution >= 0.6 is 0 Å². The maximum atomic E-state index is 11.8. The number of benzene rings is 1. The predicted octanol–water partition coefficient (Wildman–Crippen LogP) is 2.76. The third-order valence-electron chi connectivity index (χ3n) is 3.32. The number of aliphatic hydroxyl groups excluding tert-OH is 1. The van der Waals surface area contributed by atoms with Gasteiger partial charge in [0.05, 0.1) is 18.8 Å². The summed E-state index contributed by atoms with van der Waals surface area (Å²) in [6.45, 7) is 6.09. The molecule has 0 amide bonds. The number of hydrogen-bond acceptors (Lipinski definition) is 3. The molecule has 0 saturated carbocycles. The van der Waals surface area contributed by atoms with Gasteiger partial charge in [-0.1, -0.05) is 6.07 Å². The molecule has 0 aliphatic heterocycles. The Kier molecular flexibility index (Phi) is 4.25. The molecule has 106 valence electrons. The van der Waals surface area contributed by atoms with Gasteiger partial charge in [-0.05, 0) is 50.6 Å². The van der Waals surface area contributed by atoms with Gasteiger partial charge in [0.1, 0.15) is 0 Å². The van der Waals surface area contributed by atoms with Crippen LogP contribution in [0, 0.1) is 13.8 Å². The lowest BCUT2D eigenvalue weighted by Gasteiger charge is -2.11. The van der Waals surface area contributed by atoms with Gasteiger partial charge in [-0.3, -0.25) is 0 Å². The quantitative estimate of drug-likeness (QED) is 0.871. The minimum atomic E-state index is -0.320. The summed E-state index contributed by atoms with van der Waals surface area (Å²) in [6, 6.07) is 9.26. The number of aryl methyl sites for hydroxylation is 1. The molecule has 0 atom stereocenters. The maximum absolute atomic E-state index is 11.8. The number of carbonyl (C=O) groups is 1. The summed E-state index contributed by atoms with van der Waals surface area (Å²) >= 11 is 0. The third kappa shape index (κ3) is 2.60. The number of esters is 1. The van der Waals surface area contributed by atoms with Gasteiger partial charge in [0.2, 0.25) is 0 Å². The number of carbonyl (C=O) groups excluding carboxylic acids is 1. The molecule has 0 radical (unpaired) electrons. The first-order valence-corrected chi connectivity index (χ1v) is 6.64. The van der Waals surface area contributed by atoms with Crippen molar-refractivity contribution in [3.05, 3.63) is 52.8 Å². The lowest BCUT2D eigenvalue weighted by molar-refractivity contribution is 0.0526. The Hall–Kier alpha value is -2.07. The first-order chi connectivity index (χ1) is 9.58. The van der Waals surface area contributed by atoms with Gasteiger partial charge in [0.15, 0.2) is 0 Å². The largest absolute Gasteiger partial charge is 0.462 e. The number of nitrogens with zero attached hydrogens (tertiary/aromatic N) is 1. The standard InChI is InChI=1S/C16H19NO3/c1-4-20-16(19)13-6-5-7-15(9-13)17-11(2)8-14(10-18)12(17)3/h5-9,18H,4,10H2,1-3H3. The Morgan fingerprint density at radius 3 is 2.65 bits per heavy atom. The van der Waals surface area contributed by atoms with Crippen LogP contribution < -0.4 is 0 Å². The molecule has 0 bridgehead atoms. The number of aromatic nitrogens is 1. The third-order valence-corrected chi connectivity index (χ3v) is 3.32. The monoisotopic (exact) mass is 273 g/mol. The van der Waals surface area contributed by atoms with Gasteiger partial charge < -0.3 is 14.4 Å². The first-order valence-electron chi connectivity index (χ1n) is 6.64. The summed E-state index contributed by atoms with van der Waals surface area (Å²) in [7, 11) is 0. The van der Waals surface area contributed by atoms with E-state index in [0.717, 1.165) is 22.6 Å². The Morgan fingerprint density at radius 2 is 2.05 bits per heavy atom. The second-order valence-corrected chi connectivity index (χ2v) is 4.66. The molecule has 0 unspecified atom stereocenters. The highest BCUT2D eigenvalue weighted by Gasteiger charge is 2.12. The van der Waals surface area contributed by atoms with Crippen LogP contribution in [-0.2, 0) is 11.3 Å². The molecule has 2 rings (SSSR count). The fourth-order valence-corrected chi connectivity index (χ4v) is 2.37. The molecule has 2 aromatic rings. The van der Waals surface area contributed by atoms with E-state index in [1.54, 1.807) is 19.1 Å². The van der Waals surface area contributed by atoms with Crippen LogP contribution in [0.15, 0.2) is 30.3 Å². The zero-order chi connectivity index (χ0) is 14.7. The summed E-state index contributed by atoms with van der Waals surface area (Å²) < 4.78 is 7.04. The number of aliphatic hydroxyl groups is 1. The van der Waals surface area contributed by atoms with E-state index in [1.807, 2.05) is 36.6 Å². The van der Waals surface area contributed by atoms with Gasteiger partial charge in [-0.2, -0.15) is 0 Å². The summed E-state index contributed by atoms with van der Waals surface area (Å²) in [5.41, 5.74) is 4.32. The SMILES string of the molecule is CCOC(=O)c1cccc(-n2c(C)cc(CO)c2C)c1. The molecular formula is C16H19NO3. The number of rotatable bonds is 4. The predicted molar refractivity (Wildman–Crippen MR) is 77.1 cm³/mol. The molecule has 4 nitrogen and oxygen atoms in total. The van der Waals surface area contributed by atoms with Crippen molar-refractivity contribution in [2.75, 3.05) is 6.61 Å². The zero-order valence-corrected chi connectivity index (χ0v) is 12.0. The molecule has 0 saturated heterocycles. The molecule has 1 heterocycles. The van der Waals surface area contributed by atoms with E-state index in [9.17, 15) is 9.90 Å². The van der Waals surface area contributed by atoms with E-state index in [2.05, 4.69) is 0 Å². The number of ether oxygens (including phenoxy) is 1. The lowest BCUT2D eigenvalue weighted by Crippen LogP contribution is -2.06. The topological polar surface area (TPSA) is 51.5 Å². The van der Waals surface area contributed by atoms with Crippen molar-refractivity contribution in [2.24, 2.45) is 0 Å². The van der Waals surface area contributed by atoms with Gasteiger partial charge in [0.25, 0.3) is 0 Å². The summed E-state index contributed by atoms with van der Waals surface area (Å²) in [6.07, 6.45) is 0. The van der Waals surface area contributed by atoms with Crippen molar-refractivity contribution in [3.63, 3.8) is 0 Å². The molecule has 0 aliphatic carbocycles. The lowest BCUT2D eigenvalue weighted by atomic mass is 10.2.